The Morgan fingerprint density at radius 1 is 1.29 bits per heavy atom. The number of likely N-dealkylation sites (tertiary alicyclic amines) is 1. The van der Waals surface area contributed by atoms with Gasteiger partial charge in [-0.1, -0.05) is 13.8 Å². The summed E-state index contributed by atoms with van der Waals surface area (Å²) in [6.07, 6.45) is 13.5. The normalized spacial score (nSPS) is 17.8. The number of carbonyl (C=O) groups excluding carboxylic acids is 1. The first kappa shape index (κ1) is 22.3. The SMILES string of the molecule is CCC(CC)n1cc(-c2nc(/C(C=N)=C/NC3CN(C(=O)C4(O)CC4)C3)cn3nccc23)cn1. The number of fused-ring (bicyclic) bond motifs is 1. The molecule has 0 unspecified atom stereocenters. The molecule has 2 aliphatic rings. The van der Waals surface area contributed by atoms with Crippen molar-refractivity contribution in [3.8, 4) is 11.3 Å². The number of amides is 1. The summed E-state index contributed by atoms with van der Waals surface area (Å²) in [4.78, 5) is 18.7. The van der Waals surface area contributed by atoms with E-state index >= 15 is 0 Å². The minimum atomic E-state index is -1.12. The molecule has 1 amide bonds. The second kappa shape index (κ2) is 8.68. The fourth-order valence-electron chi connectivity index (χ4n) is 4.37. The lowest BCUT2D eigenvalue weighted by atomic mass is 10.1. The average molecular weight is 463 g/mol. The molecular formula is C24H30N8O2. The third-order valence-corrected chi connectivity index (χ3v) is 6.80. The van der Waals surface area contributed by atoms with Gasteiger partial charge in [0.05, 0.1) is 47.6 Å². The van der Waals surface area contributed by atoms with Crippen molar-refractivity contribution in [3.05, 3.63) is 42.7 Å². The summed E-state index contributed by atoms with van der Waals surface area (Å²) >= 11 is 0. The van der Waals surface area contributed by atoms with Gasteiger partial charge in [-0.15, -0.1) is 0 Å². The van der Waals surface area contributed by atoms with E-state index in [-0.39, 0.29) is 11.9 Å². The maximum Gasteiger partial charge on any atom is 0.254 e. The molecule has 10 heteroatoms. The highest BCUT2D eigenvalue weighted by atomic mass is 16.3. The van der Waals surface area contributed by atoms with Crippen molar-refractivity contribution in [1.29, 1.82) is 5.41 Å². The number of rotatable bonds is 9. The average Bonchev–Trinajstić information content (AvgIpc) is 3.19. The van der Waals surface area contributed by atoms with Crippen molar-refractivity contribution in [2.24, 2.45) is 0 Å². The molecular weight excluding hydrogens is 432 g/mol. The predicted molar refractivity (Wildman–Crippen MR) is 128 cm³/mol. The van der Waals surface area contributed by atoms with Gasteiger partial charge in [0.1, 0.15) is 5.60 Å². The molecule has 5 rings (SSSR count). The molecule has 4 heterocycles. The quantitative estimate of drug-likeness (QED) is 0.419. The molecule has 34 heavy (non-hydrogen) atoms. The number of hydrogen-bond donors (Lipinski definition) is 3. The predicted octanol–water partition coefficient (Wildman–Crippen LogP) is 2.27. The van der Waals surface area contributed by atoms with Crippen molar-refractivity contribution in [3.63, 3.8) is 0 Å². The standard InChI is InChI=1S/C24H30N8O2/c1-3-19(4-2)31-12-17(11-28-31)22-21-5-8-27-32(21)15-20(29-22)16(9-25)10-26-18-13-30(14-18)23(33)24(34)6-7-24/h5,8-12,15,18-19,25-26,34H,3-4,6-7,13-14H2,1-2H3/b16-10+,25-9?. The molecule has 2 fully saturated rings. The second-order valence-electron chi connectivity index (χ2n) is 9.16. The van der Waals surface area contributed by atoms with E-state index in [4.69, 9.17) is 10.4 Å². The van der Waals surface area contributed by atoms with Gasteiger partial charge < -0.3 is 20.7 Å². The van der Waals surface area contributed by atoms with Crippen LogP contribution in [0.1, 0.15) is 51.3 Å². The van der Waals surface area contributed by atoms with Crippen LogP contribution in [-0.2, 0) is 4.79 Å². The van der Waals surface area contributed by atoms with Crippen molar-refractivity contribution < 1.29 is 9.90 Å². The Hall–Kier alpha value is -3.53. The van der Waals surface area contributed by atoms with Crippen LogP contribution in [0.15, 0.2) is 37.1 Å². The Labute approximate surface area is 197 Å². The lowest BCUT2D eigenvalue weighted by molar-refractivity contribution is -0.147. The summed E-state index contributed by atoms with van der Waals surface area (Å²) < 4.78 is 3.76. The summed E-state index contributed by atoms with van der Waals surface area (Å²) in [5.41, 5.74) is 2.64. The van der Waals surface area contributed by atoms with Crippen LogP contribution in [0.3, 0.4) is 0 Å². The molecule has 0 atom stereocenters. The third kappa shape index (κ3) is 3.98. The summed E-state index contributed by atoms with van der Waals surface area (Å²) in [6.45, 7) is 5.38. The van der Waals surface area contributed by atoms with E-state index in [0.29, 0.717) is 43.2 Å². The topological polar surface area (TPSA) is 124 Å². The van der Waals surface area contributed by atoms with E-state index in [1.807, 2.05) is 29.3 Å². The molecule has 1 saturated heterocycles. The van der Waals surface area contributed by atoms with Crippen LogP contribution in [-0.4, -0.2) is 71.2 Å². The Morgan fingerprint density at radius 3 is 2.74 bits per heavy atom. The van der Waals surface area contributed by atoms with Gasteiger partial charge in [0.2, 0.25) is 0 Å². The Kier molecular flexibility index (Phi) is 5.68. The highest BCUT2D eigenvalue weighted by Crippen LogP contribution is 2.37. The van der Waals surface area contributed by atoms with Gasteiger partial charge in [0, 0.05) is 42.8 Å². The highest BCUT2D eigenvalue weighted by Gasteiger charge is 2.52. The second-order valence-corrected chi connectivity index (χ2v) is 9.16. The van der Waals surface area contributed by atoms with E-state index in [9.17, 15) is 9.90 Å². The molecule has 0 spiro atoms. The molecule has 0 radical (unpaired) electrons. The zero-order chi connectivity index (χ0) is 23.9. The van der Waals surface area contributed by atoms with E-state index < -0.39 is 5.60 Å². The molecule has 178 valence electrons. The van der Waals surface area contributed by atoms with E-state index in [1.54, 1.807) is 21.8 Å². The molecule has 10 nitrogen and oxygen atoms in total. The van der Waals surface area contributed by atoms with Gasteiger partial charge in [0.15, 0.2) is 0 Å². The Balaban J connectivity index is 1.37. The van der Waals surface area contributed by atoms with Gasteiger partial charge in [-0.25, -0.2) is 9.50 Å². The van der Waals surface area contributed by atoms with Crippen LogP contribution >= 0.6 is 0 Å². The monoisotopic (exact) mass is 462 g/mol. The number of aliphatic hydroxyl groups is 1. The minimum Gasteiger partial charge on any atom is -0.384 e. The first-order valence-electron chi connectivity index (χ1n) is 11.8. The van der Waals surface area contributed by atoms with Crippen LogP contribution in [0.4, 0.5) is 0 Å². The molecule has 1 aliphatic carbocycles. The summed E-state index contributed by atoms with van der Waals surface area (Å²) in [5.74, 6) is -0.175. The fourth-order valence-corrected chi connectivity index (χ4v) is 4.37. The van der Waals surface area contributed by atoms with E-state index in [0.717, 1.165) is 29.6 Å². The number of hydrogen-bond acceptors (Lipinski definition) is 7. The number of carbonyl (C=O) groups is 1. The smallest absolute Gasteiger partial charge is 0.254 e. The van der Waals surface area contributed by atoms with Crippen LogP contribution in [0.5, 0.6) is 0 Å². The van der Waals surface area contributed by atoms with Gasteiger partial charge in [0.25, 0.3) is 5.91 Å². The number of allylic oxidation sites excluding steroid dienone is 1. The molecule has 1 saturated carbocycles. The first-order valence-corrected chi connectivity index (χ1v) is 11.8. The van der Waals surface area contributed by atoms with Crippen molar-refractivity contribution in [1.82, 2.24) is 34.6 Å². The van der Waals surface area contributed by atoms with Crippen LogP contribution < -0.4 is 5.32 Å². The van der Waals surface area contributed by atoms with Crippen LogP contribution in [0.2, 0.25) is 0 Å². The molecule has 1 aliphatic heterocycles. The lowest BCUT2D eigenvalue weighted by Gasteiger charge is -2.40. The summed E-state index contributed by atoms with van der Waals surface area (Å²) in [6, 6.07) is 2.33. The summed E-state index contributed by atoms with van der Waals surface area (Å²) in [7, 11) is 0. The fraction of sp³-hybridized carbons (Fsp3) is 0.458. The minimum absolute atomic E-state index is 0.0763. The maximum atomic E-state index is 12.2. The van der Waals surface area contributed by atoms with Gasteiger partial charge in [-0.2, -0.15) is 10.2 Å². The zero-order valence-electron chi connectivity index (χ0n) is 19.5. The Morgan fingerprint density at radius 2 is 2.06 bits per heavy atom. The Bertz CT molecular complexity index is 1240. The lowest BCUT2D eigenvalue weighted by Crippen LogP contribution is -2.61. The molecule has 3 aromatic heterocycles. The third-order valence-electron chi connectivity index (χ3n) is 6.80. The first-order chi connectivity index (χ1) is 16.5. The van der Waals surface area contributed by atoms with E-state index in [1.165, 1.54) is 6.21 Å². The van der Waals surface area contributed by atoms with E-state index in [2.05, 4.69) is 29.4 Å². The number of aromatic nitrogens is 5. The van der Waals surface area contributed by atoms with Gasteiger partial charge in [-0.3, -0.25) is 9.48 Å². The van der Waals surface area contributed by atoms with Crippen LogP contribution in [0, 0.1) is 5.41 Å². The molecule has 0 aromatic carbocycles. The van der Waals surface area contributed by atoms with Crippen molar-refractivity contribution in [2.45, 2.75) is 57.2 Å². The van der Waals surface area contributed by atoms with Crippen molar-refractivity contribution in [2.75, 3.05) is 13.1 Å². The highest BCUT2D eigenvalue weighted by molar-refractivity contribution is 6.07. The van der Waals surface area contributed by atoms with Gasteiger partial charge >= 0.3 is 0 Å². The number of nitrogens with zero attached hydrogens (tertiary/aromatic N) is 6. The number of nitrogens with one attached hydrogen (secondary N) is 2. The summed E-state index contributed by atoms with van der Waals surface area (Å²) in [5, 5.41) is 30.2. The maximum absolute atomic E-state index is 12.2. The van der Waals surface area contributed by atoms with Crippen LogP contribution in [0.25, 0.3) is 22.3 Å². The molecule has 0 bridgehead atoms. The largest absolute Gasteiger partial charge is 0.384 e. The molecule has 3 aromatic rings. The zero-order valence-corrected chi connectivity index (χ0v) is 19.5. The molecule has 3 N–H and O–H groups in total. The van der Waals surface area contributed by atoms with Gasteiger partial charge in [-0.05, 0) is 31.7 Å². The van der Waals surface area contributed by atoms with Crippen molar-refractivity contribution >= 4 is 23.2 Å².